The SMILES string of the molecule is Cc1ccc(NC(=O)Cc2nc(C(=O)O)cs2)cc1C. The number of nitrogens with zero attached hydrogens (tertiary/aromatic N) is 1. The highest BCUT2D eigenvalue weighted by molar-refractivity contribution is 7.09. The van der Waals surface area contributed by atoms with Gasteiger partial charge in [0.1, 0.15) is 5.01 Å². The second kappa shape index (κ2) is 5.83. The van der Waals surface area contributed by atoms with E-state index in [1.165, 1.54) is 16.7 Å². The van der Waals surface area contributed by atoms with Gasteiger partial charge in [0, 0.05) is 11.1 Å². The van der Waals surface area contributed by atoms with Gasteiger partial charge >= 0.3 is 5.97 Å². The third-order valence-electron chi connectivity index (χ3n) is 2.87. The molecule has 0 aliphatic heterocycles. The molecule has 20 heavy (non-hydrogen) atoms. The number of nitrogens with one attached hydrogen (secondary N) is 1. The van der Waals surface area contributed by atoms with Crippen LogP contribution in [0.2, 0.25) is 0 Å². The Morgan fingerprint density at radius 3 is 2.65 bits per heavy atom. The lowest BCUT2D eigenvalue weighted by molar-refractivity contribution is -0.115. The Bertz CT molecular complexity index is 664. The Morgan fingerprint density at radius 2 is 2.05 bits per heavy atom. The van der Waals surface area contributed by atoms with Crippen molar-refractivity contribution in [3.63, 3.8) is 0 Å². The molecule has 0 saturated heterocycles. The number of carbonyl (C=O) groups excluding carboxylic acids is 1. The second-order valence-corrected chi connectivity index (χ2v) is 5.40. The van der Waals surface area contributed by atoms with E-state index >= 15 is 0 Å². The molecule has 1 aromatic carbocycles. The standard InChI is InChI=1S/C14H14N2O3S/c1-8-3-4-10(5-9(8)2)15-12(17)6-13-16-11(7-20-13)14(18)19/h3-5,7H,6H2,1-2H3,(H,15,17)(H,18,19). The van der Waals surface area contributed by atoms with Gasteiger partial charge in [-0.25, -0.2) is 9.78 Å². The van der Waals surface area contributed by atoms with Crippen LogP contribution in [0.1, 0.15) is 26.6 Å². The molecule has 1 amide bonds. The van der Waals surface area contributed by atoms with E-state index in [1.807, 2.05) is 32.0 Å². The smallest absolute Gasteiger partial charge is 0.355 e. The maximum absolute atomic E-state index is 11.9. The fourth-order valence-electron chi connectivity index (χ4n) is 1.65. The quantitative estimate of drug-likeness (QED) is 0.907. The lowest BCUT2D eigenvalue weighted by Crippen LogP contribution is -2.14. The highest BCUT2D eigenvalue weighted by Crippen LogP contribution is 2.15. The fourth-order valence-corrected chi connectivity index (χ4v) is 2.42. The van der Waals surface area contributed by atoms with Crippen LogP contribution >= 0.6 is 11.3 Å². The molecule has 2 N–H and O–H groups in total. The summed E-state index contributed by atoms with van der Waals surface area (Å²) < 4.78 is 0. The molecular formula is C14H14N2O3S. The van der Waals surface area contributed by atoms with Gasteiger partial charge in [-0.2, -0.15) is 0 Å². The van der Waals surface area contributed by atoms with Crippen LogP contribution in [0, 0.1) is 13.8 Å². The average Bonchev–Trinajstić information content (AvgIpc) is 2.82. The predicted octanol–water partition coefficient (Wildman–Crippen LogP) is 2.64. The highest BCUT2D eigenvalue weighted by Gasteiger charge is 2.12. The number of carboxylic acids is 1. The Hall–Kier alpha value is -2.21. The number of aromatic nitrogens is 1. The predicted molar refractivity (Wildman–Crippen MR) is 77.3 cm³/mol. The van der Waals surface area contributed by atoms with Crippen molar-refractivity contribution in [2.45, 2.75) is 20.3 Å². The number of anilines is 1. The van der Waals surface area contributed by atoms with Crippen LogP contribution in [-0.2, 0) is 11.2 Å². The number of amides is 1. The number of aryl methyl sites for hydroxylation is 2. The normalized spacial score (nSPS) is 10.3. The van der Waals surface area contributed by atoms with Crippen LogP contribution in [0.15, 0.2) is 23.6 Å². The molecule has 0 aliphatic rings. The summed E-state index contributed by atoms with van der Waals surface area (Å²) >= 11 is 1.17. The molecule has 5 nitrogen and oxygen atoms in total. The zero-order valence-electron chi connectivity index (χ0n) is 11.1. The fraction of sp³-hybridized carbons (Fsp3) is 0.214. The van der Waals surface area contributed by atoms with Gasteiger partial charge < -0.3 is 10.4 Å². The molecule has 0 radical (unpaired) electrons. The van der Waals surface area contributed by atoms with Crippen molar-refractivity contribution in [1.82, 2.24) is 4.98 Å². The number of rotatable bonds is 4. The van der Waals surface area contributed by atoms with Crippen LogP contribution in [0.25, 0.3) is 0 Å². The van der Waals surface area contributed by atoms with Gasteiger partial charge in [-0.1, -0.05) is 6.07 Å². The average molecular weight is 290 g/mol. The topological polar surface area (TPSA) is 79.3 Å². The van der Waals surface area contributed by atoms with Crippen molar-refractivity contribution in [3.05, 3.63) is 45.4 Å². The van der Waals surface area contributed by atoms with Crippen molar-refractivity contribution in [1.29, 1.82) is 0 Å². The van der Waals surface area contributed by atoms with Crippen molar-refractivity contribution in [2.24, 2.45) is 0 Å². The number of carboxylic acid groups (broad SMARTS) is 1. The summed E-state index contributed by atoms with van der Waals surface area (Å²) in [5, 5.41) is 13.5. The summed E-state index contributed by atoms with van der Waals surface area (Å²) in [4.78, 5) is 26.5. The summed E-state index contributed by atoms with van der Waals surface area (Å²) in [6, 6.07) is 5.68. The van der Waals surface area contributed by atoms with Crippen molar-refractivity contribution in [3.8, 4) is 0 Å². The molecule has 1 aromatic heterocycles. The first-order valence-corrected chi connectivity index (χ1v) is 6.88. The zero-order chi connectivity index (χ0) is 14.7. The van der Waals surface area contributed by atoms with Gasteiger partial charge in [0.15, 0.2) is 5.69 Å². The Morgan fingerprint density at radius 1 is 1.30 bits per heavy atom. The van der Waals surface area contributed by atoms with E-state index in [1.54, 1.807) is 0 Å². The van der Waals surface area contributed by atoms with E-state index in [0.29, 0.717) is 5.01 Å². The zero-order valence-corrected chi connectivity index (χ0v) is 12.0. The van der Waals surface area contributed by atoms with Crippen LogP contribution in [0.4, 0.5) is 5.69 Å². The van der Waals surface area contributed by atoms with Gasteiger partial charge in [-0.05, 0) is 37.1 Å². The van der Waals surface area contributed by atoms with Crippen molar-refractivity contribution >= 4 is 28.9 Å². The minimum atomic E-state index is -1.08. The summed E-state index contributed by atoms with van der Waals surface area (Å²) in [6.07, 6.45) is 0.0743. The van der Waals surface area contributed by atoms with Crippen LogP contribution in [0.5, 0.6) is 0 Å². The monoisotopic (exact) mass is 290 g/mol. The van der Waals surface area contributed by atoms with Gasteiger partial charge in [0.25, 0.3) is 0 Å². The number of hydrogen-bond donors (Lipinski definition) is 2. The maximum atomic E-state index is 11.9. The van der Waals surface area contributed by atoms with E-state index in [-0.39, 0.29) is 18.0 Å². The lowest BCUT2D eigenvalue weighted by Gasteiger charge is -2.06. The Labute approximate surface area is 120 Å². The molecule has 104 valence electrons. The van der Waals surface area contributed by atoms with E-state index in [2.05, 4.69) is 10.3 Å². The van der Waals surface area contributed by atoms with Gasteiger partial charge in [0.2, 0.25) is 5.91 Å². The van der Waals surface area contributed by atoms with Crippen LogP contribution in [-0.4, -0.2) is 22.0 Å². The second-order valence-electron chi connectivity index (χ2n) is 4.46. The highest BCUT2D eigenvalue weighted by atomic mass is 32.1. The van der Waals surface area contributed by atoms with Gasteiger partial charge in [-0.3, -0.25) is 4.79 Å². The van der Waals surface area contributed by atoms with E-state index in [4.69, 9.17) is 5.11 Å². The molecular weight excluding hydrogens is 276 g/mol. The van der Waals surface area contributed by atoms with Gasteiger partial charge in [0.05, 0.1) is 6.42 Å². The summed E-state index contributed by atoms with van der Waals surface area (Å²) in [7, 11) is 0. The third-order valence-corrected chi connectivity index (χ3v) is 3.72. The van der Waals surface area contributed by atoms with Crippen molar-refractivity contribution in [2.75, 3.05) is 5.32 Å². The molecule has 2 rings (SSSR count). The molecule has 0 unspecified atom stereocenters. The number of carbonyl (C=O) groups is 2. The van der Waals surface area contributed by atoms with Crippen molar-refractivity contribution < 1.29 is 14.7 Å². The molecule has 1 heterocycles. The summed E-state index contributed by atoms with van der Waals surface area (Å²) in [5.74, 6) is -1.29. The number of thiazole rings is 1. The number of benzene rings is 1. The Balaban J connectivity index is 2.01. The van der Waals surface area contributed by atoms with Crippen LogP contribution < -0.4 is 5.32 Å². The molecule has 0 atom stereocenters. The molecule has 0 spiro atoms. The Kier molecular flexibility index (Phi) is 4.14. The van der Waals surface area contributed by atoms with E-state index in [9.17, 15) is 9.59 Å². The van der Waals surface area contributed by atoms with Gasteiger partial charge in [-0.15, -0.1) is 11.3 Å². The molecule has 0 aliphatic carbocycles. The first-order chi connectivity index (χ1) is 9.45. The summed E-state index contributed by atoms with van der Waals surface area (Å²) in [6.45, 7) is 3.98. The molecule has 0 saturated carbocycles. The van der Waals surface area contributed by atoms with Crippen LogP contribution in [0.3, 0.4) is 0 Å². The lowest BCUT2D eigenvalue weighted by atomic mass is 10.1. The summed E-state index contributed by atoms with van der Waals surface area (Å²) in [5.41, 5.74) is 2.97. The molecule has 6 heteroatoms. The molecule has 0 fully saturated rings. The van der Waals surface area contributed by atoms with E-state index < -0.39 is 5.97 Å². The first-order valence-electron chi connectivity index (χ1n) is 6.00. The number of hydrogen-bond acceptors (Lipinski definition) is 4. The number of aromatic carboxylic acids is 1. The largest absolute Gasteiger partial charge is 0.476 e. The molecule has 2 aromatic rings. The third kappa shape index (κ3) is 3.42. The molecule has 0 bridgehead atoms. The minimum Gasteiger partial charge on any atom is -0.476 e. The maximum Gasteiger partial charge on any atom is 0.355 e. The first kappa shape index (κ1) is 14.2. The van der Waals surface area contributed by atoms with E-state index in [0.717, 1.165) is 16.8 Å². The minimum absolute atomic E-state index is 0.0241.